The zero-order valence-corrected chi connectivity index (χ0v) is 10.6. The molecule has 2 N–H and O–H groups in total. The zero-order valence-electron chi connectivity index (χ0n) is 8.93. The maximum Gasteiger partial charge on any atom is 0.337 e. The van der Waals surface area contributed by atoms with E-state index in [1.54, 1.807) is 6.92 Å². The van der Waals surface area contributed by atoms with Crippen LogP contribution in [0.2, 0.25) is 0 Å². The molecule has 0 saturated heterocycles. The molecule has 0 aliphatic carbocycles. The van der Waals surface area contributed by atoms with Crippen molar-refractivity contribution in [1.82, 2.24) is 4.72 Å². The van der Waals surface area contributed by atoms with Crippen molar-refractivity contribution in [1.29, 1.82) is 0 Å². The molecule has 16 heavy (non-hydrogen) atoms. The molecule has 0 aromatic carbocycles. The fourth-order valence-electron chi connectivity index (χ4n) is 1.06. The summed E-state index contributed by atoms with van der Waals surface area (Å²) in [6.45, 7) is 3.57. The minimum atomic E-state index is -3.72. The molecule has 0 amide bonds. The molecule has 0 radical (unpaired) electrons. The van der Waals surface area contributed by atoms with Gasteiger partial charge < -0.3 is 5.11 Å². The molecule has 1 aromatic heterocycles. The lowest BCUT2D eigenvalue weighted by Gasteiger charge is -2.11. The van der Waals surface area contributed by atoms with Crippen LogP contribution in [-0.2, 0) is 10.0 Å². The Morgan fingerprint density at radius 2 is 2.25 bits per heavy atom. The van der Waals surface area contributed by atoms with Gasteiger partial charge in [-0.15, -0.1) is 11.3 Å². The summed E-state index contributed by atoms with van der Waals surface area (Å²) < 4.78 is 25.9. The smallest absolute Gasteiger partial charge is 0.337 e. The molecule has 0 spiro atoms. The summed E-state index contributed by atoms with van der Waals surface area (Å²) in [7, 11) is -3.72. The number of hydrogen-bond donors (Lipinski definition) is 2. The first-order valence-electron chi connectivity index (χ1n) is 4.71. The number of hydrogen-bond acceptors (Lipinski definition) is 4. The Balaban J connectivity index is 3.08. The molecule has 0 aliphatic rings. The van der Waals surface area contributed by atoms with Crippen molar-refractivity contribution < 1.29 is 18.3 Å². The molecule has 1 rings (SSSR count). The molecule has 1 atom stereocenters. The third-order valence-electron chi connectivity index (χ3n) is 2.07. The molecular formula is C9H13NO4S2. The molecule has 1 aromatic rings. The number of carbonyl (C=O) groups is 1. The van der Waals surface area contributed by atoms with Crippen LogP contribution >= 0.6 is 11.3 Å². The molecule has 1 unspecified atom stereocenters. The largest absolute Gasteiger partial charge is 0.478 e. The number of carboxylic acids is 1. The maximum atomic E-state index is 11.8. The van der Waals surface area contributed by atoms with Gasteiger partial charge in [0.15, 0.2) is 0 Å². The summed E-state index contributed by atoms with van der Waals surface area (Å²) in [5.74, 6) is -1.23. The minimum Gasteiger partial charge on any atom is -0.478 e. The molecular weight excluding hydrogens is 250 g/mol. The Kier molecular flexibility index (Phi) is 4.06. The van der Waals surface area contributed by atoms with Crippen LogP contribution in [0.4, 0.5) is 0 Å². The summed E-state index contributed by atoms with van der Waals surface area (Å²) in [4.78, 5) is 10.8. The van der Waals surface area contributed by atoms with Crippen LogP contribution < -0.4 is 4.72 Å². The quantitative estimate of drug-likeness (QED) is 0.843. The molecule has 0 bridgehead atoms. The van der Waals surface area contributed by atoms with Gasteiger partial charge in [0.2, 0.25) is 0 Å². The highest BCUT2D eigenvalue weighted by Crippen LogP contribution is 2.22. The Morgan fingerprint density at radius 3 is 2.75 bits per heavy atom. The van der Waals surface area contributed by atoms with Crippen LogP contribution in [0.25, 0.3) is 0 Å². The van der Waals surface area contributed by atoms with Crippen LogP contribution in [0.5, 0.6) is 0 Å². The number of rotatable bonds is 5. The number of aromatic carboxylic acids is 1. The van der Waals surface area contributed by atoms with Gasteiger partial charge in [0.05, 0.1) is 5.56 Å². The van der Waals surface area contributed by atoms with Crippen LogP contribution in [0.1, 0.15) is 30.6 Å². The fourth-order valence-corrected chi connectivity index (χ4v) is 3.74. The van der Waals surface area contributed by atoms with Gasteiger partial charge in [0, 0.05) is 6.04 Å². The molecule has 0 saturated carbocycles. The van der Waals surface area contributed by atoms with Crippen LogP contribution in [0.3, 0.4) is 0 Å². The van der Waals surface area contributed by atoms with E-state index in [1.165, 1.54) is 11.4 Å². The zero-order chi connectivity index (χ0) is 12.3. The Hall–Kier alpha value is -0.920. The van der Waals surface area contributed by atoms with E-state index in [0.717, 1.165) is 11.3 Å². The number of nitrogens with one attached hydrogen (secondary N) is 1. The standard InChI is InChI=1S/C9H13NO4S2/c1-3-6(2)10-16(13,14)9-7(8(11)12)4-5-15-9/h4-6,10H,3H2,1-2H3,(H,11,12). The Morgan fingerprint density at radius 1 is 1.62 bits per heavy atom. The highest BCUT2D eigenvalue weighted by Gasteiger charge is 2.24. The first kappa shape index (κ1) is 13.1. The highest BCUT2D eigenvalue weighted by molar-refractivity contribution is 7.91. The van der Waals surface area contributed by atoms with E-state index < -0.39 is 16.0 Å². The minimum absolute atomic E-state index is 0.139. The second-order valence-corrected chi connectivity index (χ2v) is 6.18. The van der Waals surface area contributed by atoms with Crippen molar-refractivity contribution in [3.8, 4) is 0 Å². The lowest BCUT2D eigenvalue weighted by atomic mass is 10.3. The van der Waals surface area contributed by atoms with Crippen molar-refractivity contribution >= 4 is 27.3 Å². The summed E-state index contributed by atoms with van der Waals surface area (Å²) in [6.07, 6.45) is 0.646. The summed E-state index contributed by atoms with van der Waals surface area (Å²) >= 11 is 0.906. The van der Waals surface area contributed by atoms with E-state index in [4.69, 9.17) is 5.11 Å². The average Bonchev–Trinajstić information content (AvgIpc) is 2.65. The van der Waals surface area contributed by atoms with Gasteiger partial charge in [-0.05, 0) is 24.8 Å². The van der Waals surface area contributed by atoms with Gasteiger partial charge in [-0.1, -0.05) is 6.92 Å². The van der Waals surface area contributed by atoms with Gasteiger partial charge in [-0.2, -0.15) is 0 Å². The first-order chi connectivity index (χ1) is 7.38. The second-order valence-electron chi connectivity index (χ2n) is 3.36. The van der Waals surface area contributed by atoms with Crippen molar-refractivity contribution in [3.05, 3.63) is 17.0 Å². The van der Waals surface area contributed by atoms with E-state index in [2.05, 4.69) is 4.72 Å². The molecule has 90 valence electrons. The molecule has 0 fully saturated rings. The van der Waals surface area contributed by atoms with Crippen molar-refractivity contribution in [3.63, 3.8) is 0 Å². The van der Waals surface area contributed by atoms with E-state index in [0.29, 0.717) is 6.42 Å². The number of thiophene rings is 1. The normalized spacial score (nSPS) is 13.6. The summed E-state index contributed by atoms with van der Waals surface area (Å²) in [6, 6.07) is 1.08. The second kappa shape index (κ2) is 4.94. The average molecular weight is 263 g/mol. The van der Waals surface area contributed by atoms with Crippen LogP contribution in [0.15, 0.2) is 15.7 Å². The van der Waals surface area contributed by atoms with Gasteiger partial charge in [0.25, 0.3) is 10.0 Å². The Bertz CT molecular complexity index is 477. The lowest BCUT2D eigenvalue weighted by molar-refractivity contribution is 0.0693. The number of sulfonamides is 1. The van der Waals surface area contributed by atoms with Crippen molar-refractivity contribution in [2.75, 3.05) is 0 Å². The molecule has 0 aliphatic heterocycles. The van der Waals surface area contributed by atoms with Crippen LogP contribution in [0, 0.1) is 0 Å². The molecule has 5 nitrogen and oxygen atoms in total. The first-order valence-corrected chi connectivity index (χ1v) is 7.08. The van der Waals surface area contributed by atoms with Crippen molar-refractivity contribution in [2.24, 2.45) is 0 Å². The SMILES string of the molecule is CCC(C)NS(=O)(=O)c1sccc1C(=O)O. The van der Waals surface area contributed by atoms with E-state index in [9.17, 15) is 13.2 Å². The van der Waals surface area contributed by atoms with Gasteiger partial charge in [-0.3, -0.25) is 0 Å². The third-order valence-corrected chi connectivity index (χ3v) is 5.15. The van der Waals surface area contributed by atoms with Crippen molar-refractivity contribution in [2.45, 2.75) is 30.5 Å². The molecule has 7 heteroatoms. The van der Waals surface area contributed by atoms with E-state index >= 15 is 0 Å². The summed E-state index contributed by atoms with van der Waals surface area (Å²) in [5, 5.41) is 10.3. The predicted molar refractivity (Wildman–Crippen MR) is 61.4 cm³/mol. The topological polar surface area (TPSA) is 83.5 Å². The fraction of sp³-hybridized carbons (Fsp3) is 0.444. The summed E-state index contributed by atoms with van der Waals surface area (Å²) in [5.41, 5.74) is -0.180. The van der Waals surface area contributed by atoms with Crippen LogP contribution in [-0.4, -0.2) is 25.5 Å². The van der Waals surface area contributed by atoms with Gasteiger partial charge in [0.1, 0.15) is 4.21 Å². The van der Waals surface area contributed by atoms with E-state index in [1.807, 2.05) is 6.92 Å². The number of carboxylic acid groups (broad SMARTS) is 1. The van der Waals surface area contributed by atoms with E-state index in [-0.39, 0.29) is 15.8 Å². The maximum absolute atomic E-state index is 11.8. The van der Waals surface area contributed by atoms with Gasteiger partial charge in [-0.25, -0.2) is 17.9 Å². The predicted octanol–water partition coefficient (Wildman–Crippen LogP) is 1.52. The third kappa shape index (κ3) is 2.81. The monoisotopic (exact) mass is 263 g/mol. The Labute approximate surface area is 98.2 Å². The lowest BCUT2D eigenvalue weighted by Crippen LogP contribution is -2.32. The highest BCUT2D eigenvalue weighted by atomic mass is 32.2. The van der Waals surface area contributed by atoms with Gasteiger partial charge >= 0.3 is 5.97 Å². The molecule has 1 heterocycles.